The second kappa shape index (κ2) is 8.41. The fourth-order valence-corrected chi connectivity index (χ4v) is 6.92. The Labute approximate surface area is 197 Å². The molecule has 0 saturated carbocycles. The molecule has 2 fully saturated rings. The number of β-amino-alcohol motifs (C(OH)–C–C–N with tert-alkyl or cyclic N) is 1. The zero-order chi connectivity index (χ0) is 22.5. The fraction of sp³-hybridized carbons (Fsp3) is 0.667. The fourth-order valence-electron chi connectivity index (χ4n) is 6.03. The first kappa shape index (κ1) is 22.4. The van der Waals surface area contributed by atoms with Crippen LogP contribution in [0.25, 0.3) is 11.3 Å². The van der Waals surface area contributed by atoms with E-state index in [2.05, 4.69) is 61.1 Å². The normalized spacial score (nSPS) is 26.2. The third-order valence-electron chi connectivity index (χ3n) is 8.32. The van der Waals surface area contributed by atoms with Crippen LogP contribution in [0, 0.1) is 0 Å². The van der Waals surface area contributed by atoms with Crippen LogP contribution in [-0.4, -0.2) is 53.3 Å². The van der Waals surface area contributed by atoms with Crippen LogP contribution in [0.5, 0.6) is 0 Å². The Morgan fingerprint density at radius 3 is 2.41 bits per heavy atom. The SMILES string of the molecule is CC1(C)CCC(C)(C)c2cc(-c3csc(N4CCC(N5CCCC(O)C5)CC4)n3)ccc21. The zero-order valence-corrected chi connectivity index (χ0v) is 21.0. The largest absolute Gasteiger partial charge is 0.392 e. The van der Waals surface area contributed by atoms with Gasteiger partial charge in [-0.15, -0.1) is 11.3 Å². The Morgan fingerprint density at radius 2 is 1.69 bits per heavy atom. The minimum Gasteiger partial charge on any atom is -0.392 e. The molecule has 2 aromatic rings. The summed E-state index contributed by atoms with van der Waals surface area (Å²) in [4.78, 5) is 10.1. The van der Waals surface area contributed by atoms with E-state index in [1.54, 1.807) is 11.3 Å². The first-order chi connectivity index (χ1) is 15.2. The minimum absolute atomic E-state index is 0.129. The summed E-state index contributed by atoms with van der Waals surface area (Å²) in [5.74, 6) is 0. The van der Waals surface area contributed by atoms with Gasteiger partial charge in [0, 0.05) is 36.6 Å². The summed E-state index contributed by atoms with van der Waals surface area (Å²) in [7, 11) is 0. The van der Waals surface area contributed by atoms with Crippen molar-refractivity contribution in [1.82, 2.24) is 9.88 Å². The van der Waals surface area contributed by atoms with E-state index in [-0.39, 0.29) is 16.9 Å². The molecule has 32 heavy (non-hydrogen) atoms. The molecule has 5 rings (SSSR count). The number of fused-ring (bicyclic) bond motifs is 1. The van der Waals surface area contributed by atoms with Crippen LogP contribution < -0.4 is 4.90 Å². The highest BCUT2D eigenvalue weighted by molar-refractivity contribution is 7.14. The Hall–Kier alpha value is -1.43. The van der Waals surface area contributed by atoms with Crippen molar-refractivity contribution in [3.8, 4) is 11.3 Å². The molecular weight excluding hydrogens is 414 g/mol. The van der Waals surface area contributed by atoms with Crippen LogP contribution in [0.1, 0.15) is 77.3 Å². The Kier molecular flexibility index (Phi) is 5.88. The number of hydrogen-bond acceptors (Lipinski definition) is 5. The average molecular weight is 454 g/mol. The molecule has 1 unspecified atom stereocenters. The van der Waals surface area contributed by atoms with Gasteiger partial charge >= 0.3 is 0 Å². The number of aliphatic hydroxyl groups is 1. The van der Waals surface area contributed by atoms with Crippen molar-refractivity contribution in [1.29, 1.82) is 0 Å². The van der Waals surface area contributed by atoms with Gasteiger partial charge in [0.2, 0.25) is 0 Å². The molecular formula is C27H39N3OS. The van der Waals surface area contributed by atoms with Gasteiger partial charge in [-0.25, -0.2) is 4.98 Å². The highest BCUT2D eigenvalue weighted by Crippen LogP contribution is 2.47. The average Bonchev–Trinajstić information content (AvgIpc) is 3.27. The van der Waals surface area contributed by atoms with Crippen molar-refractivity contribution >= 4 is 16.5 Å². The summed E-state index contributed by atoms with van der Waals surface area (Å²) in [5, 5.41) is 13.4. The van der Waals surface area contributed by atoms with Gasteiger partial charge in [-0.05, 0) is 73.1 Å². The van der Waals surface area contributed by atoms with Crippen molar-refractivity contribution in [3.05, 3.63) is 34.7 Å². The van der Waals surface area contributed by atoms with Gasteiger partial charge in [-0.2, -0.15) is 0 Å². The number of piperidine rings is 2. The number of likely N-dealkylation sites (tertiary alicyclic amines) is 1. The molecule has 1 aromatic carbocycles. The topological polar surface area (TPSA) is 39.6 Å². The number of hydrogen-bond donors (Lipinski definition) is 1. The number of aromatic nitrogens is 1. The maximum Gasteiger partial charge on any atom is 0.185 e. The highest BCUT2D eigenvalue weighted by Gasteiger charge is 2.37. The van der Waals surface area contributed by atoms with E-state index < -0.39 is 0 Å². The van der Waals surface area contributed by atoms with Crippen LogP contribution in [0.4, 0.5) is 5.13 Å². The number of thiazole rings is 1. The molecule has 1 aromatic heterocycles. The highest BCUT2D eigenvalue weighted by atomic mass is 32.1. The van der Waals surface area contributed by atoms with Crippen LogP contribution >= 0.6 is 11.3 Å². The molecule has 1 N–H and O–H groups in total. The van der Waals surface area contributed by atoms with E-state index in [1.165, 1.54) is 42.4 Å². The lowest BCUT2D eigenvalue weighted by molar-refractivity contribution is 0.0398. The number of aliphatic hydroxyl groups excluding tert-OH is 1. The monoisotopic (exact) mass is 453 g/mol. The van der Waals surface area contributed by atoms with Crippen LogP contribution in [0.3, 0.4) is 0 Å². The molecule has 5 heteroatoms. The van der Waals surface area contributed by atoms with Gasteiger partial charge in [-0.1, -0.05) is 39.8 Å². The van der Waals surface area contributed by atoms with Crippen molar-refractivity contribution in [2.45, 2.75) is 89.2 Å². The second-order valence-corrected chi connectivity index (χ2v) is 12.4. The molecule has 0 radical (unpaired) electrons. The molecule has 2 saturated heterocycles. The summed E-state index contributed by atoms with van der Waals surface area (Å²) in [6.45, 7) is 13.7. The molecule has 2 aliphatic heterocycles. The van der Waals surface area contributed by atoms with E-state index in [1.807, 2.05) is 0 Å². The lowest BCUT2D eigenvalue weighted by atomic mass is 9.63. The minimum atomic E-state index is -0.129. The van der Waals surface area contributed by atoms with Crippen LogP contribution in [0.2, 0.25) is 0 Å². The maximum absolute atomic E-state index is 10.0. The molecule has 0 bridgehead atoms. The van der Waals surface area contributed by atoms with Crippen LogP contribution in [-0.2, 0) is 10.8 Å². The maximum atomic E-state index is 10.0. The predicted molar refractivity (Wildman–Crippen MR) is 135 cm³/mol. The Bertz CT molecular complexity index is 958. The molecule has 0 amide bonds. The summed E-state index contributed by atoms with van der Waals surface area (Å²) in [5.41, 5.74) is 5.88. The van der Waals surface area contributed by atoms with Crippen molar-refractivity contribution in [3.63, 3.8) is 0 Å². The van der Waals surface area contributed by atoms with E-state index in [0.717, 1.165) is 49.8 Å². The van der Waals surface area contributed by atoms with Crippen molar-refractivity contribution in [2.24, 2.45) is 0 Å². The molecule has 1 atom stereocenters. The smallest absolute Gasteiger partial charge is 0.185 e. The second-order valence-electron chi connectivity index (χ2n) is 11.6. The first-order valence-electron chi connectivity index (χ1n) is 12.5. The van der Waals surface area contributed by atoms with Gasteiger partial charge < -0.3 is 10.0 Å². The number of nitrogens with zero attached hydrogens (tertiary/aromatic N) is 3. The van der Waals surface area contributed by atoms with Gasteiger partial charge in [0.05, 0.1) is 11.8 Å². The quantitative estimate of drug-likeness (QED) is 0.658. The summed E-state index contributed by atoms with van der Waals surface area (Å²) >= 11 is 1.79. The predicted octanol–water partition coefficient (Wildman–Crippen LogP) is 5.58. The van der Waals surface area contributed by atoms with Gasteiger partial charge in [-0.3, -0.25) is 4.90 Å². The van der Waals surface area contributed by atoms with E-state index in [0.29, 0.717) is 6.04 Å². The third-order valence-corrected chi connectivity index (χ3v) is 9.22. The van der Waals surface area contributed by atoms with Gasteiger partial charge in [0.15, 0.2) is 5.13 Å². The summed E-state index contributed by atoms with van der Waals surface area (Å²) < 4.78 is 0. The van der Waals surface area contributed by atoms with E-state index >= 15 is 0 Å². The van der Waals surface area contributed by atoms with Gasteiger partial charge in [0.1, 0.15) is 0 Å². The van der Waals surface area contributed by atoms with Crippen molar-refractivity contribution in [2.75, 3.05) is 31.1 Å². The van der Waals surface area contributed by atoms with E-state index in [4.69, 9.17) is 4.98 Å². The van der Waals surface area contributed by atoms with Crippen LogP contribution in [0.15, 0.2) is 23.6 Å². The molecule has 3 heterocycles. The standard InChI is InChI=1S/C27H39N3OS/c1-26(2)11-12-27(3,4)23-16-19(7-8-22(23)26)24-18-32-25(28-24)29-14-9-20(10-15-29)30-13-5-6-21(31)17-30/h7-8,16,18,20-21,31H,5-6,9-15,17H2,1-4H3. The molecule has 4 nitrogen and oxygen atoms in total. The third kappa shape index (κ3) is 4.24. The van der Waals surface area contributed by atoms with Gasteiger partial charge in [0.25, 0.3) is 0 Å². The Balaban J connectivity index is 1.30. The lowest BCUT2D eigenvalue weighted by Gasteiger charge is -2.42. The molecule has 3 aliphatic rings. The molecule has 1 aliphatic carbocycles. The summed E-state index contributed by atoms with van der Waals surface area (Å²) in [6, 6.07) is 7.69. The molecule has 0 spiro atoms. The summed E-state index contributed by atoms with van der Waals surface area (Å²) in [6.07, 6.45) is 6.80. The molecule has 174 valence electrons. The number of rotatable bonds is 3. The lowest BCUT2D eigenvalue weighted by Crippen LogP contribution is -2.49. The first-order valence-corrected chi connectivity index (χ1v) is 13.4. The van der Waals surface area contributed by atoms with E-state index in [9.17, 15) is 5.11 Å². The van der Waals surface area contributed by atoms with Crippen molar-refractivity contribution < 1.29 is 5.11 Å². The number of anilines is 1. The Morgan fingerprint density at radius 1 is 0.969 bits per heavy atom. The number of benzene rings is 1. The zero-order valence-electron chi connectivity index (χ0n) is 20.2.